The third-order valence-electron chi connectivity index (χ3n) is 3.80. The first-order valence-electron chi connectivity index (χ1n) is 6.14. The molecule has 0 bridgehead atoms. The highest BCUT2D eigenvalue weighted by Gasteiger charge is 2.47. The van der Waals surface area contributed by atoms with Gasteiger partial charge in [-0.3, -0.25) is 4.79 Å². The standard InChI is InChI=1S/C14H17FO4/c1-18-8-9-6-10(11(15)7-12(9)19-2)14(13(16)17)4-3-5-14/h6-7H,3-5,8H2,1-2H3,(H,16,17). The van der Waals surface area contributed by atoms with Crippen molar-refractivity contribution < 1.29 is 23.8 Å². The van der Waals surface area contributed by atoms with Crippen molar-refractivity contribution in [3.63, 3.8) is 0 Å². The molecule has 0 unspecified atom stereocenters. The first kappa shape index (κ1) is 13.8. The molecule has 0 aliphatic heterocycles. The second kappa shape index (κ2) is 5.17. The summed E-state index contributed by atoms with van der Waals surface area (Å²) in [6, 6.07) is 2.80. The van der Waals surface area contributed by atoms with Gasteiger partial charge in [-0.25, -0.2) is 4.39 Å². The number of halogens is 1. The van der Waals surface area contributed by atoms with Gasteiger partial charge in [0, 0.05) is 24.3 Å². The molecule has 0 atom stereocenters. The highest BCUT2D eigenvalue weighted by Crippen LogP contribution is 2.46. The lowest BCUT2D eigenvalue weighted by Crippen LogP contribution is -2.43. The fourth-order valence-electron chi connectivity index (χ4n) is 2.55. The van der Waals surface area contributed by atoms with E-state index in [1.54, 1.807) is 6.07 Å². The number of carboxylic acids is 1. The second-order valence-electron chi connectivity index (χ2n) is 4.82. The van der Waals surface area contributed by atoms with Gasteiger partial charge >= 0.3 is 5.97 Å². The second-order valence-corrected chi connectivity index (χ2v) is 4.82. The number of ether oxygens (including phenoxy) is 2. The lowest BCUT2D eigenvalue weighted by molar-refractivity contribution is -0.147. The number of carboxylic acid groups (broad SMARTS) is 1. The molecule has 1 aromatic rings. The predicted molar refractivity (Wildman–Crippen MR) is 66.8 cm³/mol. The van der Waals surface area contributed by atoms with Crippen LogP contribution in [-0.4, -0.2) is 25.3 Å². The van der Waals surface area contributed by atoms with Crippen molar-refractivity contribution >= 4 is 5.97 Å². The Hall–Kier alpha value is -1.62. The minimum Gasteiger partial charge on any atom is -0.496 e. The predicted octanol–water partition coefficient (Wildman–Crippen LogP) is 2.49. The SMILES string of the molecule is COCc1cc(C2(C(=O)O)CCC2)c(F)cc1OC. The van der Waals surface area contributed by atoms with Crippen molar-refractivity contribution in [1.82, 2.24) is 0 Å². The summed E-state index contributed by atoms with van der Waals surface area (Å²) in [4.78, 5) is 11.5. The summed E-state index contributed by atoms with van der Waals surface area (Å²) in [6.45, 7) is 0.256. The van der Waals surface area contributed by atoms with Gasteiger partial charge in [0.25, 0.3) is 0 Å². The van der Waals surface area contributed by atoms with Crippen LogP contribution in [0.1, 0.15) is 30.4 Å². The Kier molecular flexibility index (Phi) is 3.75. The largest absolute Gasteiger partial charge is 0.496 e. The van der Waals surface area contributed by atoms with Crippen molar-refractivity contribution in [2.24, 2.45) is 0 Å². The summed E-state index contributed by atoms with van der Waals surface area (Å²) in [5.74, 6) is -1.12. The number of hydrogen-bond donors (Lipinski definition) is 1. The molecule has 4 nitrogen and oxygen atoms in total. The van der Waals surface area contributed by atoms with Crippen LogP contribution in [0, 0.1) is 5.82 Å². The maximum Gasteiger partial charge on any atom is 0.314 e. The molecule has 1 aliphatic rings. The number of hydrogen-bond acceptors (Lipinski definition) is 3. The average molecular weight is 268 g/mol. The van der Waals surface area contributed by atoms with Crippen molar-refractivity contribution in [1.29, 1.82) is 0 Å². The number of rotatable bonds is 5. The molecule has 0 saturated heterocycles. The van der Waals surface area contributed by atoms with Gasteiger partial charge < -0.3 is 14.6 Å². The summed E-state index contributed by atoms with van der Waals surface area (Å²) in [5, 5.41) is 9.38. The van der Waals surface area contributed by atoms with E-state index in [0.717, 1.165) is 6.42 Å². The van der Waals surface area contributed by atoms with Crippen LogP contribution >= 0.6 is 0 Å². The van der Waals surface area contributed by atoms with Gasteiger partial charge in [-0.2, -0.15) is 0 Å². The highest BCUT2D eigenvalue weighted by atomic mass is 19.1. The van der Waals surface area contributed by atoms with Crippen LogP contribution in [0.2, 0.25) is 0 Å². The Morgan fingerprint density at radius 3 is 2.53 bits per heavy atom. The van der Waals surface area contributed by atoms with Crippen LogP contribution in [0.4, 0.5) is 4.39 Å². The smallest absolute Gasteiger partial charge is 0.314 e. The molecule has 0 radical (unpaired) electrons. The number of benzene rings is 1. The van der Waals surface area contributed by atoms with Crippen LogP contribution in [0.5, 0.6) is 5.75 Å². The molecular weight excluding hydrogens is 251 g/mol. The molecular formula is C14H17FO4. The van der Waals surface area contributed by atoms with E-state index in [2.05, 4.69) is 0 Å². The molecule has 19 heavy (non-hydrogen) atoms. The van der Waals surface area contributed by atoms with Gasteiger partial charge in [-0.05, 0) is 18.9 Å². The van der Waals surface area contributed by atoms with Crippen LogP contribution in [0.3, 0.4) is 0 Å². The minimum absolute atomic E-state index is 0.235. The summed E-state index contributed by atoms with van der Waals surface area (Å²) in [6.07, 6.45) is 1.74. The number of aliphatic carboxylic acids is 1. The number of methoxy groups -OCH3 is 2. The molecule has 1 fully saturated rings. The van der Waals surface area contributed by atoms with Gasteiger partial charge in [0.05, 0.1) is 19.1 Å². The monoisotopic (exact) mass is 268 g/mol. The Bertz CT molecular complexity index is 494. The molecule has 1 N–H and O–H groups in total. The van der Waals surface area contributed by atoms with Gasteiger partial charge in [-0.15, -0.1) is 0 Å². The van der Waals surface area contributed by atoms with Gasteiger partial charge in [0.15, 0.2) is 0 Å². The van der Waals surface area contributed by atoms with E-state index < -0.39 is 17.2 Å². The van der Waals surface area contributed by atoms with E-state index in [1.165, 1.54) is 20.3 Å². The molecule has 1 aromatic carbocycles. The normalized spacial score (nSPS) is 16.8. The topological polar surface area (TPSA) is 55.8 Å². The van der Waals surface area contributed by atoms with Crippen LogP contribution in [0.15, 0.2) is 12.1 Å². The highest BCUT2D eigenvalue weighted by molar-refractivity contribution is 5.83. The number of carbonyl (C=O) groups is 1. The van der Waals surface area contributed by atoms with Crippen LogP contribution in [-0.2, 0) is 21.6 Å². The molecule has 1 aliphatic carbocycles. The van der Waals surface area contributed by atoms with Gasteiger partial charge in [0.1, 0.15) is 11.6 Å². The van der Waals surface area contributed by atoms with Crippen LogP contribution < -0.4 is 4.74 Å². The quantitative estimate of drug-likeness (QED) is 0.891. The third kappa shape index (κ3) is 2.18. The minimum atomic E-state index is -1.08. The van der Waals surface area contributed by atoms with Gasteiger partial charge in [-0.1, -0.05) is 6.42 Å². The van der Waals surface area contributed by atoms with E-state index >= 15 is 0 Å². The molecule has 0 aromatic heterocycles. The molecule has 0 amide bonds. The summed E-state index contributed by atoms with van der Waals surface area (Å²) in [7, 11) is 2.97. The zero-order valence-corrected chi connectivity index (χ0v) is 11.0. The lowest BCUT2D eigenvalue weighted by Gasteiger charge is -2.38. The van der Waals surface area contributed by atoms with Crippen molar-refractivity contribution in [3.05, 3.63) is 29.1 Å². The van der Waals surface area contributed by atoms with Crippen molar-refractivity contribution in [3.8, 4) is 5.75 Å². The maximum atomic E-state index is 14.1. The van der Waals surface area contributed by atoms with Crippen LogP contribution in [0.25, 0.3) is 0 Å². The Balaban J connectivity index is 2.51. The van der Waals surface area contributed by atoms with E-state index in [0.29, 0.717) is 24.2 Å². The molecule has 2 rings (SSSR count). The fraction of sp³-hybridized carbons (Fsp3) is 0.500. The molecule has 1 saturated carbocycles. The van der Waals surface area contributed by atoms with E-state index in [9.17, 15) is 14.3 Å². The van der Waals surface area contributed by atoms with E-state index in [1.807, 2.05) is 0 Å². The average Bonchev–Trinajstić information content (AvgIpc) is 2.31. The molecule has 104 valence electrons. The first-order valence-corrected chi connectivity index (χ1v) is 6.14. The summed E-state index contributed by atoms with van der Waals surface area (Å²) < 4.78 is 24.3. The lowest BCUT2D eigenvalue weighted by atomic mass is 9.64. The van der Waals surface area contributed by atoms with Crippen molar-refractivity contribution in [2.75, 3.05) is 14.2 Å². The molecule has 0 heterocycles. The fourth-order valence-corrected chi connectivity index (χ4v) is 2.55. The Morgan fingerprint density at radius 2 is 2.11 bits per heavy atom. The molecule has 0 spiro atoms. The summed E-state index contributed by atoms with van der Waals surface area (Å²) >= 11 is 0. The zero-order valence-electron chi connectivity index (χ0n) is 11.0. The van der Waals surface area contributed by atoms with Gasteiger partial charge in [0.2, 0.25) is 0 Å². The zero-order chi connectivity index (χ0) is 14.0. The Morgan fingerprint density at radius 1 is 1.42 bits per heavy atom. The maximum absolute atomic E-state index is 14.1. The van der Waals surface area contributed by atoms with Crippen molar-refractivity contribution in [2.45, 2.75) is 31.3 Å². The third-order valence-corrected chi connectivity index (χ3v) is 3.80. The molecule has 5 heteroatoms. The first-order chi connectivity index (χ1) is 9.05. The van der Waals surface area contributed by atoms with E-state index in [4.69, 9.17) is 9.47 Å². The Labute approximate surface area is 111 Å². The van der Waals surface area contributed by atoms with E-state index in [-0.39, 0.29) is 12.2 Å². The summed E-state index contributed by atoms with van der Waals surface area (Å²) in [5.41, 5.74) is -0.188.